The minimum Gasteiger partial charge on any atom is -0.234 e. The molecule has 0 saturated carbocycles. The number of rotatable bonds is 3. The minimum absolute atomic E-state index is 0.123. The Balaban J connectivity index is 3.16. The van der Waals surface area contributed by atoms with Crippen molar-refractivity contribution in [3.8, 4) is 0 Å². The summed E-state index contributed by atoms with van der Waals surface area (Å²) in [5.74, 6) is -1.05. The second-order valence-electron chi connectivity index (χ2n) is 4.79. The molecule has 2 nitrogen and oxygen atoms in total. The summed E-state index contributed by atoms with van der Waals surface area (Å²) in [5, 5.41) is 0. The molecule has 0 aliphatic carbocycles. The quantitative estimate of drug-likeness (QED) is 0.738. The maximum absolute atomic E-state index is 13.8. The molecule has 1 atom stereocenters. The smallest absolute Gasteiger partial charge is 0.234 e. The molecule has 0 aliphatic rings. The first-order valence-corrected chi connectivity index (χ1v) is 7.26. The van der Waals surface area contributed by atoms with Gasteiger partial charge in [0.2, 0.25) is 0 Å². The number of halogens is 4. The fourth-order valence-corrected chi connectivity index (χ4v) is 2.17. The van der Waals surface area contributed by atoms with Crippen LogP contribution in [0.1, 0.15) is 38.3 Å². The van der Waals surface area contributed by atoms with E-state index in [1.54, 1.807) is 20.8 Å². The molecular weight excluding hydrogens is 343 g/mol. The van der Waals surface area contributed by atoms with Gasteiger partial charge in [0.15, 0.2) is 0 Å². The highest BCUT2D eigenvalue weighted by Crippen LogP contribution is 2.27. The zero-order chi connectivity index (χ0) is 14.8. The van der Waals surface area contributed by atoms with Crippen molar-refractivity contribution in [3.05, 3.63) is 33.5 Å². The van der Waals surface area contributed by atoms with E-state index in [0.717, 1.165) is 12.3 Å². The third kappa shape index (κ3) is 4.42. The summed E-state index contributed by atoms with van der Waals surface area (Å²) < 4.78 is 54.1. The first kappa shape index (κ1) is 16.4. The van der Waals surface area contributed by atoms with E-state index in [0.29, 0.717) is 4.47 Å². The number of benzene rings is 1. The standard InChI is InChI=1S/C12H13BrF3NOS/c1-12(2,3)19(18)17-6-7-4-8(13)5-9(10(7)14)11(15)16/h4-6,11H,1-3H3/b17-6-/t19-/m1/s1. The van der Waals surface area contributed by atoms with E-state index < -0.39 is 33.5 Å². The Morgan fingerprint density at radius 3 is 2.42 bits per heavy atom. The summed E-state index contributed by atoms with van der Waals surface area (Å²) in [7, 11) is -1.57. The molecule has 0 bridgehead atoms. The van der Waals surface area contributed by atoms with E-state index >= 15 is 0 Å². The average molecular weight is 356 g/mol. The topological polar surface area (TPSA) is 29.4 Å². The largest absolute Gasteiger partial charge is 0.266 e. The van der Waals surface area contributed by atoms with Crippen LogP contribution >= 0.6 is 15.9 Å². The number of nitrogens with zero attached hydrogens (tertiary/aromatic N) is 1. The van der Waals surface area contributed by atoms with Crippen LogP contribution in [0.2, 0.25) is 0 Å². The average Bonchev–Trinajstić information content (AvgIpc) is 2.27. The maximum atomic E-state index is 13.8. The van der Waals surface area contributed by atoms with Crippen LogP contribution in [0.25, 0.3) is 0 Å². The van der Waals surface area contributed by atoms with E-state index in [-0.39, 0.29) is 5.56 Å². The number of hydrogen-bond donors (Lipinski definition) is 0. The second kappa shape index (κ2) is 6.17. The van der Waals surface area contributed by atoms with Crippen LogP contribution in [0.5, 0.6) is 0 Å². The Labute approximate surface area is 120 Å². The van der Waals surface area contributed by atoms with Crippen molar-refractivity contribution in [2.24, 2.45) is 4.40 Å². The molecule has 0 N–H and O–H groups in total. The molecule has 0 unspecified atom stereocenters. The van der Waals surface area contributed by atoms with Gasteiger partial charge in [0.1, 0.15) is 16.8 Å². The molecule has 0 aliphatic heterocycles. The van der Waals surface area contributed by atoms with Crippen molar-refractivity contribution in [1.29, 1.82) is 0 Å². The van der Waals surface area contributed by atoms with E-state index in [4.69, 9.17) is 0 Å². The lowest BCUT2D eigenvalue weighted by Gasteiger charge is -2.13. The molecule has 0 saturated heterocycles. The Kier molecular flexibility index (Phi) is 5.32. The van der Waals surface area contributed by atoms with Crippen LogP contribution in [-0.2, 0) is 11.0 Å². The molecule has 1 aromatic rings. The second-order valence-corrected chi connectivity index (χ2v) is 7.64. The van der Waals surface area contributed by atoms with Gasteiger partial charge >= 0.3 is 0 Å². The zero-order valence-electron chi connectivity index (χ0n) is 10.6. The summed E-state index contributed by atoms with van der Waals surface area (Å²) in [5.41, 5.74) is -0.834. The zero-order valence-corrected chi connectivity index (χ0v) is 13.0. The Morgan fingerprint density at radius 1 is 1.37 bits per heavy atom. The minimum atomic E-state index is -2.92. The molecule has 0 aromatic heterocycles. The van der Waals surface area contributed by atoms with Crippen molar-refractivity contribution < 1.29 is 17.4 Å². The van der Waals surface area contributed by atoms with Gasteiger partial charge in [-0.1, -0.05) is 15.9 Å². The van der Waals surface area contributed by atoms with E-state index in [1.807, 2.05) is 0 Å². The van der Waals surface area contributed by atoms with Crippen LogP contribution in [0.15, 0.2) is 21.0 Å². The van der Waals surface area contributed by atoms with Gasteiger partial charge in [-0.15, -0.1) is 0 Å². The Hall–Kier alpha value is -0.690. The molecule has 19 heavy (non-hydrogen) atoms. The molecule has 1 aromatic carbocycles. The Bertz CT molecular complexity index is 526. The lowest BCUT2D eigenvalue weighted by molar-refractivity contribution is 0.146. The van der Waals surface area contributed by atoms with Gasteiger partial charge in [-0.25, -0.2) is 17.4 Å². The highest BCUT2D eigenvalue weighted by Gasteiger charge is 2.20. The summed E-state index contributed by atoms with van der Waals surface area (Å²) in [6, 6.07) is 2.32. The lowest BCUT2D eigenvalue weighted by atomic mass is 10.1. The third-order valence-electron chi connectivity index (χ3n) is 2.14. The van der Waals surface area contributed by atoms with Gasteiger partial charge in [0, 0.05) is 16.3 Å². The number of hydrogen-bond acceptors (Lipinski definition) is 1. The van der Waals surface area contributed by atoms with Gasteiger partial charge in [0.05, 0.1) is 10.3 Å². The number of alkyl halides is 2. The predicted octanol–water partition coefficient (Wildman–Crippen LogP) is 4.41. The van der Waals surface area contributed by atoms with Crippen molar-refractivity contribution >= 4 is 33.1 Å². The fourth-order valence-electron chi connectivity index (χ4n) is 1.15. The van der Waals surface area contributed by atoms with E-state index in [1.165, 1.54) is 6.07 Å². The first-order chi connectivity index (χ1) is 8.62. The van der Waals surface area contributed by atoms with Crippen molar-refractivity contribution in [1.82, 2.24) is 0 Å². The van der Waals surface area contributed by atoms with Gasteiger partial charge in [-0.3, -0.25) is 0 Å². The molecular formula is C12H13BrF3NOS. The molecule has 0 spiro atoms. The summed E-state index contributed by atoms with van der Waals surface area (Å²) >= 11 is 3.02. The van der Waals surface area contributed by atoms with Gasteiger partial charge in [-0.2, -0.15) is 4.40 Å². The van der Waals surface area contributed by atoms with Crippen molar-refractivity contribution in [3.63, 3.8) is 0 Å². The summed E-state index contributed by atoms with van der Waals surface area (Å²) in [4.78, 5) is 0. The molecule has 0 fully saturated rings. The van der Waals surface area contributed by atoms with Crippen LogP contribution in [0, 0.1) is 5.82 Å². The van der Waals surface area contributed by atoms with Crippen LogP contribution in [-0.4, -0.2) is 15.2 Å². The van der Waals surface area contributed by atoms with Gasteiger partial charge in [0.25, 0.3) is 6.43 Å². The molecule has 1 rings (SSSR count). The molecule has 106 valence electrons. The summed E-state index contributed by atoms with van der Waals surface area (Å²) in [6.07, 6.45) is -1.90. The van der Waals surface area contributed by atoms with Crippen LogP contribution in [0.4, 0.5) is 13.2 Å². The SMILES string of the molecule is CC(C)(C)[S@@](=O)/N=C\c1cc(Br)cc(C(F)F)c1F. The third-order valence-corrected chi connectivity index (χ3v) is 3.94. The summed E-state index contributed by atoms with van der Waals surface area (Å²) in [6.45, 7) is 5.13. The lowest BCUT2D eigenvalue weighted by Crippen LogP contribution is -2.19. The van der Waals surface area contributed by atoms with Gasteiger partial charge in [-0.05, 0) is 32.9 Å². The highest BCUT2D eigenvalue weighted by molar-refractivity contribution is 9.10. The molecule has 0 amide bonds. The Morgan fingerprint density at radius 2 is 1.95 bits per heavy atom. The van der Waals surface area contributed by atoms with Gasteiger partial charge < -0.3 is 0 Å². The molecule has 7 heteroatoms. The highest BCUT2D eigenvalue weighted by atomic mass is 79.9. The van der Waals surface area contributed by atoms with Crippen molar-refractivity contribution in [2.45, 2.75) is 31.9 Å². The maximum Gasteiger partial charge on any atom is 0.266 e. The van der Waals surface area contributed by atoms with Crippen LogP contribution < -0.4 is 0 Å². The normalized spacial score (nSPS) is 14.3. The fraction of sp³-hybridized carbons (Fsp3) is 0.417. The monoisotopic (exact) mass is 355 g/mol. The van der Waals surface area contributed by atoms with Crippen LogP contribution in [0.3, 0.4) is 0 Å². The van der Waals surface area contributed by atoms with Crippen molar-refractivity contribution in [2.75, 3.05) is 0 Å². The van der Waals surface area contributed by atoms with E-state index in [2.05, 4.69) is 20.3 Å². The first-order valence-electron chi connectivity index (χ1n) is 5.36. The molecule has 0 heterocycles. The van der Waals surface area contributed by atoms with E-state index in [9.17, 15) is 17.4 Å². The predicted molar refractivity (Wildman–Crippen MR) is 74.5 cm³/mol. The molecule has 0 radical (unpaired) electrons.